The molecule has 10 heavy (non-hydrogen) atoms. The maximum Gasteiger partial charge on any atom is 0.113 e. The molecular formula is C7H15N3. The van der Waals surface area contributed by atoms with Gasteiger partial charge in [0.05, 0.1) is 6.07 Å². The Kier molecular flexibility index (Phi) is 3.34. The van der Waals surface area contributed by atoms with Crippen LogP contribution in [0.3, 0.4) is 0 Å². The van der Waals surface area contributed by atoms with Crippen LogP contribution < -0.4 is 10.9 Å². The van der Waals surface area contributed by atoms with Gasteiger partial charge in [-0.05, 0) is 27.7 Å². The van der Waals surface area contributed by atoms with Gasteiger partial charge in [0.15, 0.2) is 0 Å². The van der Waals surface area contributed by atoms with E-state index in [1.807, 2.05) is 27.7 Å². The first-order valence-electron chi connectivity index (χ1n) is 3.42. The summed E-state index contributed by atoms with van der Waals surface area (Å²) in [5.74, 6) is 0. The third-order valence-electron chi connectivity index (χ3n) is 0.953. The minimum Gasteiger partial charge on any atom is -0.254 e. The van der Waals surface area contributed by atoms with E-state index in [0.717, 1.165) is 0 Å². The average Bonchev–Trinajstić information content (AvgIpc) is 1.85. The lowest BCUT2D eigenvalue weighted by Gasteiger charge is -2.19. The molecule has 0 bridgehead atoms. The monoisotopic (exact) mass is 141 g/mol. The predicted molar refractivity (Wildman–Crippen MR) is 41.1 cm³/mol. The van der Waals surface area contributed by atoms with Crippen molar-refractivity contribution in [2.75, 3.05) is 0 Å². The molecule has 0 aromatic carbocycles. The first-order chi connectivity index (χ1) is 4.48. The minimum atomic E-state index is -0.482. The van der Waals surface area contributed by atoms with Crippen molar-refractivity contribution >= 4 is 0 Å². The van der Waals surface area contributed by atoms with Crippen molar-refractivity contribution in [1.82, 2.24) is 10.9 Å². The molecule has 0 fully saturated rings. The van der Waals surface area contributed by atoms with Crippen molar-refractivity contribution in [1.29, 1.82) is 5.26 Å². The van der Waals surface area contributed by atoms with Crippen LogP contribution in [0.1, 0.15) is 27.7 Å². The summed E-state index contributed by atoms with van der Waals surface area (Å²) in [7, 11) is 0. The van der Waals surface area contributed by atoms with E-state index in [-0.39, 0.29) is 0 Å². The van der Waals surface area contributed by atoms with Crippen LogP contribution in [0.15, 0.2) is 0 Å². The van der Waals surface area contributed by atoms with Crippen LogP contribution in [0.2, 0.25) is 0 Å². The Morgan fingerprint density at radius 1 is 1.40 bits per heavy atom. The standard InChI is InChI=1S/C7H15N3/c1-6(2)9-10-7(3,4)5-8/h6,9-10H,1-4H3. The molecule has 0 atom stereocenters. The van der Waals surface area contributed by atoms with Gasteiger partial charge in [-0.1, -0.05) is 0 Å². The molecule has 3 heteroatoms. The molecule has 0 aromatic heterocycles. The van der Waals surface area contributed by atoms with Gasteiger partial charge in [-0.2, -0.15) is 5.26 Å². The number of hydrazine groups is 1. The summed E-state index contributed by atoms with van der Waals surface area (Å²) in [6.45, 7) is 7.67. The topological polar surface area (TPSA) is 47.8 Å². The van der Waals surface area contributed by atoms with E-state index in [1.165, 1.54) is 0 Å². The van der Waals surface area contributed by atoms with Gasteiger partial charge in [0, 0.05) is 6.04 Å². The largest absolute Gasteiger partial charge is 0.254 e. The lowest BCUT2D eigenvalue weighted by atomic mass is 10.1. The highest BCUT2D eigenvalue weighted by Gasteiger charge is 2.14. The second-order valence-electron chi connectivity index (χ2n) is 3.16. The van der Waals surface area contributed by atoms with Gasteiger partial charge in [-0.15, -0.1) is 0 Å². The van der Waals surface area contributed by atoms with E-state index in [1.54, 1.807) is 0 Å². The molecule has 3 nitrogen and oxygen atoms in total. The fraction of sp³-hybridized carbons (Fsp3) is 0.857. The van der Waals surface area contributed by atoms with Crippen LogP contribution in [0, 0.1) is 11.3 Å². The zero-order valence-electron chi connectivity index (χ0n) is 7.02. The Bertz CT molecular complexity index is 132. The minimum absolute atomic E-state index is 0.354. The molecule has 0 radical (unpaired) electrons. The highest BCUT2D eigenvalue weighted by atomic mass is 15.4. The quantitative estimate of drug-likeness (QED) is 0.571. The van der Waals surface area contributed by atoms with Crippen molar-refractivity contribution < 1.29 is 0 Å². The van der Waals surface area contributed by atoms with Gasteiger partial charge in [0.25, 0.3) is 0 Å². The third-order valence-corrected chi connectivity index (χ3v) is 0.953. The van der Waals surface area contributed by atoms with Gasteiger partial charge in [0.1, 0.15) is 5.54 Å². The molecule has 0 saturated carbocycles. The summed E-state index contributed by atoms with van der Waals surface area (Å²) in [5, 5.41) is 8.55. The van der Waals surface area contributed by atoms with E-state index >= 15 is 0 Å². The second-order valence-corrected chi connectivity index (χ2v) is 3.16. The summed E-state index contributed by atoms with van der Waals surface area (Å²) in [6.07, 6.45) is 0. The SMILES string of the molecule is CC(C)NNC(C)(C)C#N. The van der Waals surface area contributed by atoms with Crippen LogP contribution in [-0.4, -0.2) is 11.6 Å². The zero-order chi connectivity index (χ0) is 8.20. The second kappa shape index (κ2) is 3.55. The molecular weight excluding hydrogens is 126 g/mol. The summed E-state index contributed by atoms with van der Waals surface area (Å²) in [4.78, 5) is 0. The van der Waals surface area contributed by atoms with Crippen molar-refractivity contribution in [3.63, 3.8) is 0 Å². The molecule has 0 aliphatic rings. The summed E-state index contributed by atoms with van der Waals surface area (Å²) >= 11 is 0. The normalized spacial score (nSPS) is 11.6. The Hall–Kier alpha value is -0.590. The maximum absolute atomic E-state index is 8.55. The van der Waals surface area contributed by atoms with Crippen LogP contribution in [0.4, 0.5) is 0 Å². The molecule has 0 spiro atoms. The zero-order valence-corrected chi connectivity index (χ0v) is 7.02. The Labute approximate surface area is 62.4 Å². The number of hydrogen-bond acceptors (Lipinski definition) is 3. The van der Waals surface area contributed by atoms with Crippen molar-refractivity contribution in [3.05, 3.63) is 0 Å². The Morgan fingerprint density at radius 3 is 2.20 bits per heavy atom. The highest BCUT2D eigenvalue weighted by molar-refractivity contribution is 4.98. The molecule has 0 aliphatic carbocycles. The third kappa shape index (κ3) is 4.30. The average molecular weight is 141 g/mol. The van der Waals surface area contributed by atoms with Gasteiger partial charge < -0.3 is 0 Å². The molecule has 58 valence electrons. The smallest absolute Gasteiger partial charge is 0.113 e. The summed E-state index contributed by atoms with van der Waals surface area (Å²) in [5.41, 5.74) is 5.38. The van der Waals surface area contributed by atoms with Gasteiger partial charge in [0.2, 0.25) is 0 Å². The van der Waals surface area contributed by atoms with E-state index in [9.17, 15) is 0 Å². The van der Waals surface area contributed by atoms with Gasteiger partial charge in [-0.25, -0.2) is 5.43 Å². The number of nitrogens with zero attached hydrogens (tertiary/aromatic N) is 1. The van der Waals surface area contributed by atoms with E-state index in [2.05, 4.69) is 16.9 Å². The summed E-state index contributed by atoms with van der Waals surface area (Å²) < 4.78 is 0. The molecule has 0 heterocycles. The molecule has 0 aliphatic heterocycles. The number of hydrogen-bond donors (Lipinski definition) is 2. The number of nitrogens with one attached hydrogen (secondary N) is 2. The number of nitriles is 1. The van der Waals surface area contributed by atoms with E-state index < -0.39 is 5.54 Å². The lowest BCUT2D eigenvalue weighted by molar-refractivity contribution is 0.371. The lowest BCUT2D eigenvalue weighted by Crippen LogP contribution is -2.49. The van der Waals surface area contributed by atoms with Crippen molar-refractivity contribution in [3.8, 4) is 6.07 Å². The molecule has 0 unspecified atom stereocenters. The number of rotatable bonds is 3. The first kappa shape index (κ1) is 9.41. The van der Waals surface area contributed by atoms with Crippen molar-refractivity contribution in [2.45, 2.75) is 39.3 Å². The molecule has 0 rings (SSSR count). The molecule has 2 N–H and O–H groups in total. The predicted octanol–water partition coefficient (Wildman–Crippen LogP) is 0.791. The summed E-state index contributed by atoms with van der Waals surface area (Å²) in [6, 6.07) is 2.48. The van der Waals surface area contributed by atoms with Crippen LogP contribution >= 0.6 is 0 Å². The van der Waals surface area contributed by atoms with Gasteiger partial charge in [-0.3, -0.25) is 5.43 Å². The van der Waals surface area contributed by atoms with Crippen LogP contribution in [0.5, 0.6) is 0 Å². The molecule has 0 aromatic rings. The molecule has 0 amide bonds. The fourth-order valence-corrected chi connectivity index (χ4v) is 0.353. The fourth-order valence-electron chi connectivity index (χ4n) is 0.353. The Balaban J connectivity index is 3.60. The highest BCUT2D eigenvalue weighted by Crippen LogP contribution is 1.95. The first-order valence-corrected chi connectivity index (χ1v) is 3.42. The maximum atomic E-state index is 8.55. The Morgan fingerprint density at radius 2 is 1.90 bits per heavy atom. The van der Waals surface area contributed by atoms with E-state index in [4.69, 9.17) is 5.26 Å². The van der Waals surface area contributed by atoms with Crippen LogP contribution in [0.25, 0.3) is 0 Å². The van der Waals surface area contributed by atoms with Crippen LogP contribution in [-0.2, 0) is 0 Å². The van der Waals surface area contributed by atoms with Crippen molar-refractivity contribution in [2.24, 2.45) is 0 Å². The van der Waals surface area contributed by atoms with Gasteiger partial charge >= 0.3 is 0 Å². The molecule has 0 saturated heterocycles. The van der Waals surface area contributed by atoms with E-state index in [0.29, 0.717) is 6.04 Å².